The minimum Gasteiger partial charge on any atom is -0.494 e. The van der Waals surface area contributed by atoms with Crippen molar-refractivity contribution in [2.24, 2.45) is 16.3 Å². The molecule has 6 nitrogen and oxygen atoms in total. The second-order valence-electron chi connectivity index (χ2n) is 5.19. The molecule has 0 atom stereocenters. The number of carbonyl (C=O) groups is 1. The predicted octanol–water partition coefficient (Wildman–Crippen LogP) is 1.49. The highest BCUT2D eigenvalue weighted by atomic mass is 16.5. The first kappa shape index (κ1) is 15.2. The number of oxime groups is 1. The van der Waals surface area contributed by atoms with E-state index in [9.17, 15) is 4.79 Å². The number of carbonyl (C=O) groups excluding carboxylic acids is 1. The van der Waals surface area contributed by atoms with Crippen molar-refractivity contribution >= 4 is 11.7 Å². The van der Waals surface area contributed by atoms with Gasteiger partial charge in [-0.15, -0.1) is 0 Å². The van der Waals surface area contributed by atoms with Gasteiger partial charge in [0.2, 0.25) is 5.91 Å². The van der Waals surface area contributed by atoms with E-state index in [1.807, 2.05) is 30.3 Å². The van der Waals surface area contributed by atoms with Crippen molar-refractivity contribution in [3.8, 4) is 5.75 Å². The molecule has 114 valence electrons. The molecule has 0 bridgehead atoms. The first-order valence-electron chi connectivity index (χ1n) is 7.13. The third kappa shape index (κ3) is 3.45. The first-order valence-corrected chi connectivity index (χ1v) is 7.13. The zero-order valence-electron chi connectivity index (χ0n) is 11.9. The van der Waals surface area contributed by atoms with Crippen LogP contribution in [0, 0.1) is 5.41 Å². The summed E-state index contributed by atoms with van der Waals surface area (Å²) >= 11 is 0. The Balaban J connectivity index is 1.70. The number of rotatable bonds is 7. The molecule has 0 saturated heterocycles. The molecule has 21 heavy (non-hydrogen) atoms. The number of hydrogen-bond acceptors (Lipinski definition) is 4. The lowest BCUT2D eigenvalue weighted by Gasteiger charge is -2.38. The molecule has 4 N–H and O–H groups in total. The second kappa shape index (κ2) is 6.97. The van der Waals surface area contributed by atoms with Gasteiger partial charge in [0, 0.05) is 6.54 Å². The molecule has 1 aromatic carbocycles. The number of nitrogens with one attached hydrogen (secondary N) is 1. The molecule has 6 heteroatoms. The van der Waals surface area contributed by atoms with E-state index < -0.39 is 5.41 Å². The van der Waals surface area contributed by atoms with Crippen LogP contribution >= 0.6 is 0 Å². The lowest BCUT2D eigenvalue weighted by molar-refractivity contribution is -0.131. The molecular weight excluding hydrogens is 270 g/mol. The van der Waals surface area contributed by atoms with Crippen LogP contribution in [0.1, 0.15) is 25.7 Å². The summed E-state index contributed by atoms with van der Waals surface area (Å²) in [6.07, 6.45) is 2.89. The van der Waals surface area contributed by atoms with Crippen molar-refractivity contribution < 1.29 is 14.7 Å². The molecule has 1 aliphatic carbocycles. The Kier molecular flexibility index (Phi) is 5.03. The smallest absolute Gasteiger partial charge is 0.233 e. The Hall–Kier alpha value is -2.24. The van der Waals surface area contributed by atoms with Gasteiger partial charge in [-0.3, -0.25) is 4.79 Å². The largest absolute Gasteiger partial charge is 0.494 e. The second-order valence-corrected chi connectivity index (χ2v) is 5.19. The molecule has 0 aliphatic heterocycles. The average molecular weight is 291 g/mol. The molecular formula is C15H21N3O3. The van der Waals surface area contributed by atoms with Crippen molar-refractivity contribution in [1.82, 2.24) is 5.32 Å². The van der Waals surface area contributed by atoms with Crippen LogP contribution in [0.5, 0.6) is 5.75 Å². The first-order chi connectivity index (χ1) is 10.2. The van der Waals surface area contributed by atoms with Crippen LogP contribution in [-0.2, 0) is 4.79 Å². The number of hydrogen-bond donors (Lipinski definition) is 3. The molecule has 0 unspecified atom stereocenters. The fraction of sp³-hybridized carbons (Fsp3) is 0.467. The van der Waals surface area contributed by atoms with Gasteiger partial charge in [-0.1, -0.05) is 29.8 Å². The van der Waals surface area contributed by atoms with E-state index in [0.717, 1.165) is 12.2 Å². The van der Waals surface area contributed by atoms with Crippen LogP contribution in [0.2, 0.25) is 0 Å². The Morgan fingerprint density at radius 2 is 2.10 bits per heavy atom. The van der Waals surface area contributed by atoms with E-state index in [4.69, 9.17) is 15.7 Å². The summed E-state index contributed by atoms with van der Waals surface area (Å²) < 4.78 is 5.54. The van der Waals surface area contributed by atoms with Gasteiger partial charge in [0.05, 0.1) is 6.61 Å². The van der Waals surface area contributed by atoms with E-state index in [1.54, 1.807) is 0 Å². The predicted molar refractivity (Wildman–Crippen MR) is 79.3 cm³/mol. The number of amides is 1. The molecule has 0 radical (unpaired) electrons. The highest BCUT2D eigenvalue weighted by molar-refractivity contribution is 6.07. The van der Waals surface area contributed by atoms with E-state index in [1.165, 1.54) is 0 Å². The average Bonchev–Trinajstić information content (AvgIpc) is 2.46. The lowest BCUT2D eigenvalue weighted by Crippen LogP contribution is -2.54. The van der Waals surface area contributed by atoms with Crippen molar-refractivity contribution in [1.29, 1.82) is 0 Å². The Bertz CT molecular complexity index is 498. The SMILES string of the molecule is N/C(=N/O)C1(C(=O)NCCCOc2ccccc2)CCC1. The van der Waals surface area contributed by atoms with Crippen LogP contribution in [0.25, 0.3) is 0 Å². The number of nitrogens with two attached hydrogens (primary N) is 1. The molecule has 1 aliphatic rings. The van der Waals surface area contributed by atoms with Crippen molar-refractivity contribution in [3.05, 3.63) is 30.3 Å². The van der Waals surface area contributed by atoms with Gasteiger partial charge in [0.1, 0.15) is 11.2 Å². The summed E-state index contributed by atoms with van der Waals surface area (Å²) in [5.41, 5.74) is 4.82. The molecule has 1 fully saturated rings. The highest BCUT2D eigenvalue weighted by Gasteiger charge is 2.48. The van der Waals surface area contributed by atoms with Crippen LogP contribution in [0.3, 0.4) is 0 Å². The van der Waals surface area contributed by atoms with Gasteiger partial charge >= 0.3 is 0 Å². The van der Waals surface area contributed by atoms with E-state index in [-0.39, 0.29) is 11.7 Å². The third-order valence-electron chi connectivity index (χ3n) is 3.86. The zero-order chi connectivity index (χ0) is 15.1. The molecule has 1 amide bonds. The number of ether oxygens (including phenoxy) is 1. The number of nitrogens with zero attached hydrogens (tertiary/aromatic N) is 1. The molecule has 0 spiro atoms. The van der Waals surface area contributed by atoms with Gasteiger partial charge in [-0.2, -0.15) is 0 Å². The number of benzene rings is 1. The molecule has 1 aromatic rings. The molecule has 1 saturated carbocycles. The van der Waals surface area contributed by atoms with Crippen molar-refractivity contribution in [2.75, 3.05) is 13.2 Å². The Labute approximate surface area is 124 Å². The Morgan fingerprint density at radius 3 is 2.67 bits per heavy atom. The van der Waals surface area contributed by atoms with Crippen LogP contribution < -0.4 is 15.8 Å². The van der Waals surface area contributed by atoms with Gasteiger partial charge in [0.25, 0.3) is 0 Å². The van der Waals surface area contributed by atoms with Gasteiger partial charge in [-0.05, 0) is 31.4 Å². The molecule has 2 rings (SSSR count). The van der Waals surface area contributed by atoms with E-state index in [2.05, 4.69) is 10.5 Å². The van der Waals surface area contributed by atoms with E-state index in [0.29, 0.717) is 32.4 Å². The van der Waals surface area contributed by atoms with Crippen molar-refractivity contribution in [2.45, 2.75) is 25.7 Å². The quantitative estimate of drug-likeness (QED) is 0.233. The monoisotopic (exact) mass is 291 g/mol. The van der Waals surface area contributed by atoms with Crippen LogP contribution in [0.4, 0.5) is 0 Å². The maximum atomic E-state index is 12.2. The van der Waals surface area contributed by atoms with Gasteiger partial charge in [-0.25, -0.2) is 0 Å². The Morgan fingerprint density at radius 1 is 1.38 bits per heavy atom. The third-order valence-corrected chi connectivity index (χ3v) is 3.86. The topological polar surface area (TPSA) is 96.9 Å². The fourth-order valence-electron chi connectivity index (χ4n) is 2.38. The summed E-state index contributed by atoms with van der Waals surface area (Å²) in [4.78, 5) is 12.2. The van der Waals surface area contributed by atoms with Crippen LogP contribution in [0.15, 0.2) is 35.5 Å². The summed E-state index contributed by atoms with van der Waals surface area (Å²) in [5, 5.41) is 14.6. The minimum absolute atomic E-state index is 0.00628. The standard InChI is InChI=1S/C15H21N3O3/c16-13(18-20)15(8-4-9-15)14(19)17-10-5-11-21-12-6-2-1-3-7-12/h1-3,6-7,20H,4-5,8-11H2,(H2,16,18)(H,17,19). The highest BCUT2D eigenvalue weighted by Crippen LogP contribution is 2.41. The number of para-hydroxylation sites is 1. The summed E-state index contributed by atoms with van der Waals surface area (Å²) in [6.45, 7) is 1.03. The summed E-state index contributed by atoms with van der Waals surface area (Å²) in [5.74, 6) is 0.659. The normalized spacial score (nSPS) is 16.9. The molecule has 0 heterocycles. The maximum absolute atomic E-state index is 12.2. The van der Waals surface area contributed by atoms with Gasteiger partial charge in [0.15, 0.2) is 5.84 Å². The maximum Gasteiger partial charge on any atom is 0.233 e. The fourth-order valence-corrected chi connectivity index (χ4v) is 2.38. The summed E-state index contributed by atoms with van der Waals surface area (Å²) in [6, 6.07) is 9.53. The minimum atomic E-state index is -0.810. The van der Waals surface area contributed by atoms with Crippen molar-refractivity contribution in [3.63, 3.8) is 0 Å². The molecule has 0 aromatic heterocycles. The van der Waals surface area contributed by atoms with Gasteiger partial charge < -0.3 is 21.0 Å². The lowest BCUT2D eigenvalue weighted by atomic mass is 9.67. The number of amidine groups is 1. The summed E-state index contributed by atoms with van der Waals surface area (Å²) in [7, 11) is 0. The van der Waals surface area contributed by atoms with E-state index >= 15 is 0 Å². The van der Waals surface area contributed by atoms with Crippen LogP contribution in [-0.4, -0.2) is 30.1 Å². The zero-order valence-corrected chi connectivity index (χ0v) is 11.9.